The summed E-state index contributed by atoms with van der Waals surface area (Å²) < 4.78 is 16.7. The van der Waals surface area contributed by atoms with Gasteiger partial charge < -0.3 is 29.4 Å². The first-order valence-electron chi connectivity index (χ1n) is 14.0. The van der Waals surface area contributed by atoms with Crippen molar-refractivity contribution in [3.05, 3.63) is 41.9 Å². The Hall–Kier alpha value is -4.35. The number of hydrogen-bond donors (Lipinski definition) is 3. The van der Waals surface area contributed by atoms with Crippen LogP contribution in [0, 0.1) is 12.8 Å². The molecule has 4 rings (SSSR count). The standard InChI is InChI=1S/C30H40N6O6/c1-17-12-22-24(32-13-17)23(26(40-22)35-28(39)42-30(6,7)8)25(37)34-20-14-31-10-9-21(20)36-15-18(2)11-19(16-36)33-27(38)41-29(3,4)5/h9-10,12-14,18-19H,11,15-16H2,1-8H3,(H,33,38)(H,34,37)(H,35,39). The largest absolute Gasteiger partial charge is 0.444 e. The maximum absolute atomic E-state index is 13.8. The lowest BCUT2D eigenvalue weighted by molar-refractivity contribution is 0.0494. The molecule has 12 heteroatoms. The van der Waals surface area contributed by atoms with Gasteiger partial charge in [0.25, 0.3) is 5.91 Å². The van der Waals surface area contributed by atoms with Gasteiger partial charge in [-0.3, -0.25) is 20.1 Å². The summed E-state index contributed by atoms with van der Waals surface area (Å²) in [6, 6.07) is 3.39. The summed E-state index contributed by atoms with van der Waals surface area (Å²) in [4.78, 5) is 49.6. The van der Waals surface area contributed by atoms with Crippen LogP contribution >= 0.6 is 0 Å². The average molecular weight is 581 g/mol. The first-order valence-corrected chi connectivity index (χ1v) is 14.0. The van der Waals surface area contributed by atoms with Gasteiger partial charge in [-0.2, -0.15) is 0 Å². The number of carbonyl (C=O) groups excluding carboxylic acids is 3. The van der Waals surface area contributed by atoms with Crippen molar-refractivity contribution in [2.45, 2.75) is 79.1 Å². The number of amides is 3. The highest BCUT2D eigenvalue weighted by Gasteiger charge is 2.31. The maximum Gasteiger partial charge on any atom is 0.414 e. The molecule has 3 aromatic rings. The molecule has 3 aromatic heterocycles. The highest BCUT2D eigenvalue weighted by atomic mass is 16.6. The number of hydrogen-bond acceptors (Lipinski definition) is 9. The van der Waals surface area contributed by atoms with Crippen LogP contribution in [-0.4, -0.2) is 58.4 Å². The fourth-order valence-electron chi connectivity index (χ4n) is 4.84. The number of carbonyl (C=O) groups is 3. The van der Waals surface area contributed by atoms with E-state index in [4.69, 9.17) is 13.9 Å². The number of piperidine rings is 1. The molecule has 3 amide bonds. The summed E-state index contributed by atoms with van der Waals surface area (Å²) in [7, 11) is 0. The van der Waals surface area contributed by atoms with Crippen LogP contribution in [0.4, 0.5) is 26.8 Å². The molecule has 4 heterocycles. The highest BCUT2D eigenvalue weighted by Crippen LogP contribution is 2.33. The van der Waals surface area contributed by atoms with Gasteiger partial charge >= 0.3 is 12.2 Å². The van der Waals surface area contributed by atoms with Crippen molar-refractivity contribution >= 4 is 46.5 Å². The lowest BCUT2D eigenvalue weighted by Crippen LogP contribution is -2.51. The molecule has 42 heavy (non-hydrogen) atoms. The Kier molecular flexibility index (Phi) is 8.65. The topological polar surface area (TPSA) is 148 Å². The molecule has 3 N–H and O–H groups in total. The van der Waals surface area contributed by atoms with Gasteiger partial charge in [-0.1, -0.05) is 6.92 Å². The summed E-state index contributed by atoms with van der Waals surface area (Å²) in [6.45, 7) is 15.9. The molecule has 2 unspecified atom stereocenters. The zero-order valence-corrected chi connectivity index (χ0v) is 25.5. The van der Waals surface area contributed by atoms with Crippen molar-refractivity contribution < 1.29 is 28.3 Å². The number of nitrogens with one attached hydrogen (secondary N) is 3. The number of furan rings is 1. The molecule has 0 spiro atoms. The molecule has 12 nitrogen and oxygen atoms in total. The molecule has 1 fully saturated rings. The third kappa shape index (κ3) is 7.89. The summed E-state index contributed by atoms with van der Waals surface area (Å²) in [5.74, 6) is -0.363. The van der Waals surface area contributed by atoms with Crippen molar-refractivity contribution in [2.75, 3.05) is 28.6 Å². The van der Waals surface area contributed by atoms with Crippen molar-refractivity contribution in [3.8, 4) is 0 Å². The number of rotatable bonds is 5. The van der Waals surface area contributed by atoms with E-state index < -0.39 is 29.3 Å². The van der Waals surface area contributed by atoms with Crippen LogP contribution in [0.5, 0.6) is 0 Å². The summed E-state index contributed by atoms with van der Waals surface area (Å²) >= 11 is 0. The van der Waals surface area contributed by atoms with Gasteiger partial charge in [-0.15, -0.1) is 0 Å². The second-order valence-electron chi connectivity index (χ2n) is 12.7. The highest BCUT2D eigenvalue weighted by molar-refractivity contribution is 6.16. The first-order chi connectivity index (χ1) is 19.6. The van der Waals surface area contributed by atoms with E-state index in [0.717, 1.165) is 17.7 Å². The van der Waals surface area contributed by atoms with Crippen molar-refractivity contribution in [2.24, 2.45) is 5.92 Å². The van der Waals surface area contributed by atoms with Crippen LogP contribution in [0.2, 0.25) is 0 Å². The van der Waals surface area contributed by atoms with Crippen LogP contribution < -0.4 is 20.9 Å². The lowest BCUT2D eigenvalue weighted by atomic mass is 9.95. The molecule has 2 atom stereocenters. The molecular formula is C30H40N6O6. The Morgan fingerprint density at radius 1 is 1.00 bits per heavy atom. The lowest BCUT2D eigenvalue weighted by Gasteiger charge is -2.39. The molecule has 0 aliphatic carbocycles. The Morgan fingerprint density at radius 3 is 2.38 bits per heavy atom. The number of ether oxygens (including phenoxy) is 2. The second-order valence-corrected chi connectivity index (χ2v) is 12.7. The molecule has 1 saturated heterocycles. The van der Waals surface area contributed by atoms with Crippen LogP contribution in [0.3, 0.4) is 0 Å². The normalized spacial score (nSPS) is 17.5. The van der Waals surface area contributed by atoms with E-state index >= 15 is 0 Å². The van der Waals surface area contributed by atoms with Crippen LogP contribution in [0.15, 0.2) is 35.1 Å². The number of nitrogens with zero attached hydrogens (tertiary/aromatic N) is 3. The molecule has 0 aromatic carbocycles. The minimum atomic E-state index is -0.764. The zero-order chi connectivity index (χ0) is 30.8. The predicted octanol–water partition coefficient (Wildman–Crippen LogP) is 5.87. The van der Waals surface area contributed by atoms with E-state index in [-0.39, 0.29) is 23.4 Å². The van der Waals surface area contributed by atoms with E-state index in [1.807, 2.05) is 33.8 Å². The summed E-state index contributed by atoms with van der Waals surface area (Å²) in [5, 5.41) is 8.47. The Morgan fingerprint density at radius 2 is 1.69 bits per heavy atom. The van der Waals surface area contributed by atoms with Crippen LogP contribution in [0.1, 0.15) is 70.8 Å². The average Bonchev–Trinajstić information content (AvgIpc) is 3.18. The second kappa shape index (κ2) is 11.9. The number of pyridine rings is 2. The Labute approximate surface area is 245 Å². The van der Waals surface area contributed by atoms with Crippen LogP contribution in [0.25, 0.3) is 11.1 Å². The molecule has 0 radical (unpaired) electrons. The summed E-state index contributed by atoms with van der Waals surface area (Å²) in [5.41, 5.74) is 1.37. The predicted molar refractivity (Wildman–Crippen MR) is 160 cm³/mol. The Balaban J connectivity index is 1.60. The smallest absolute Gasteiger partial charge is 0.414 e. The fourth-order valence-corrected chi connectivity index (χ4v) is 4.84. The van der Waals surface area contributed by atoms with Gasteiger partial charge in [-0.25, -0.2) is 9.59 Å². The molecule has 1 aliphatic rings. The molecule has 1 aliphatic heterocycles. The van der Waals surface area contributed by atoms with Gasteiger partial charge in [0.05, 0.1) is 17.6 Å². The number of aromatic nitrogens is 2. The minimum absolute atomic E-state index is 0.0575. The van der Waals surface area contributed by atoms with E-state index in [1.165, 1.54) is 0 Å². The van der Waals surface area contributed by atoms with Gasteiger partial charge in [-0.05, 0) is 78.5 Å². The number of aryl methyl sites for hydroxylation is 1. The molecule has 226 valence electrons. The monoisotopic (exact) mass is 580 g/mol. The maximum atomic E-state index is 13.8. The van der Waals surface area contributed by atoms with E-state index in [2.05, 4.69) is 37.7 Å². The zero-order valence-electron chi connectivity index (χ0n) is 25.5. The minimum Gasteiger partial charge on any atom is -0.444 e. The van der Waals surface area contributed by atoms with Gasteiger partial charge in [0, 0.05) is 31.5 Å². The third-order valence-corrected chi connectivity index (χ3v) is 6.27. The number of fused-ring (bicyclic) bond motifs is 1. The van der Waals surface area contributed by atoms with Crippen molar-refractivity contribution in [3.63, 3.8) is 0 Å². The molecule has 0 bridgehead atoms. The number of alkyl carbamates (subject to hydrolysis) is 1. The van der Waals surface area contributed by atoms with Crippen molar-refractivity contribution in [1.82, 2.24) is 15.3 Å². The SMILES string of the molecule is Cc1cnc2c(C(=O)Nc3cnccc3N3CC(C)CC(NC(=O)OC(C)(C)C)C3)c(NC(=O)OC(C)(C)C)oc2c1. The van der Waals surface area contributed by atoms with E-state index in [1.54, 1.807) is 45.4 Å². The van der Waals surface area contributed by atoms with E-state index in [9.17, 15) is 14.4 Å². The molecule has 0 saturated carbocycles. The Bertz CT molecular complexity index is 1470. The van der Waals surface area contributed by atoms with E-state index in [0.29, 0.717) is 29.9 Å². The first kappa shape index (κ1) is 30.6. The molecular weight excluding hydrogens is 540 g/mol. The van der Waals surface area contributed by atoms with Gasteiger partial charge in [0.15, 0.2) is 5.58 Å². The van der Waals surface area contributed by atoms with Crippen LogP contribution in [-0.2, 0) is 9.47 Å². The number of anilines is 3. The van der Waals surface area contributed by atoms with Crippen molar-refractivity contribution in [1.29, 1.82) is 0 Å². The fraction of sp³-hybridized carbons (Fsp3) is 0.500. The summed E-state index contributed by atoms with van der Waals surface area (Å²) in [6.07, 6.45) is 4.38. The quantitative estimate of drug-likeness (QED) is 0.337. The van der Waals surface area contributed by atoms with Gasteiger partial charge in [0.2, 0.25) is 5.88 Å². The van der Waals surface area contributed by atoms with Gasteiger partial charge in [0.1, 0.15) is 22.3 Å². The third-order valence-electron chi connectivity index (χ3n) is 6.27.